The van der Waals surface area contributed by atoms with Gasteiger partial charge < -0.3 is 5.32 Å². The maximum absolute atomic E-state index is 4.11. The highest BCUT2D eigenvalue weighted by molar-refractivity contribution is 9.10. The van der Waals surface area contributed by atoms with Crippen LogP contribution in [-0.2, 0) is 7.05 Å². The van der Waals surface area contributed by atoms with Crippen LogP contribution in [0.5, 0.6) is 0 Å². The highest BCUT2D eigenvalue weighted by Gasteiger charge is 2.22. The summed E-state index contributed by atoms with van der Waals surface area (Å²) in [6, 6.07) is 4.50. The van der Waals surface area contributed by atoms with Gasteiger partial charge in [-0.2, -0.15) is 0 Å². The molecule has 1 atom stereocenters. The summed E-state index contributed by atoms with van der Waals surface area (Å²) >= 11 is 7.15. The molecule has 4 nitrogen and oxygen atoms in total. The maximum atomic E-state index is 4.11. The molecular weight excluding hydrogens is 396 g/mol. The third kappa shape index (κ3) is 3.55. The van der Waals surface area contributed by atoms with Gasteiger partial charge in [0.05, 0.1) is 11.7 Å². The second-order valence-electron chi connectivity index (χ2n) is 5.24. The van der Waals surface area contributed by atoms with E-state index in [0.717, 1.165) is 23.3 Å². The molecule has 0 fully saturated rings. The van der Waals surface area contributed by atoms with Crippen molar-refractivity contribution in [2.45, 2.75) is 33.2 Å². The van der Waals surface area contributed by atoms with E-state index >= 15 is 0 Å². The fourth-order valence-corrected chi connectivity index (χ4v) is 3.24. The third-order valence-corrected chi connectivity index (χ3v) is 5.31. The molecule has 1 unspecified atom stereocenters. The first kappa shape index (κ1) is 16.6. The van der Waals surface area contributed by atoms with Gasteiger partial charge in [0, 0.05) is 11.5 Å². The number of hydrogen-bond donors (Lipinski definition) is 1. The molecule has 0 spiro atoms. The lowest BCUT2D eigenvalue weighted by Crippen LogP contribution is -2.26. The Bertz CT molecular complexity index is 594. The van der Waals surface area contributed by atoms with Crippen LogP contribution in [0, 0.1) is 13.8 Å². The van der Waals surface area contributed by atoms with Crippen molar-refractivity contribution < 1.29 is 0 Å². The van der Waals surface area contributed by atoms with Gasteiger partial charge in [0.1, 0.15) is 0 Å². The molecule has 21 heavy (non-hydrogen) atoms. The predicted octanol–water partition coefficient (Wildman–Crippen LogP) is 4.05. The summed E-state index contributed by atoms with van der Waals surface area (Å²) < 4.78 is 3.78. The SMILES string of the molecule is CCCNC(c1cc(C)c(Br)c(C)c1)c1c(Br)nnn1C. The van der Waals surface area contributed by atoms with E-state index < -0.39 is 0 Å². The number of rotatable bonds is 5. The summed E-state index contributed by atoms with van der Waals surface area (Å²) in [5, 5.41) is 11.8. The van der Waals surface area contributed by atoms with Crippen molar-refractivity contribution in [3.05, 3.63) is 43.6 Å². The molecule has 1 aromatic heterocycles. The van der Waals surface area contributed by atoms with Crippen LogP contribution >= 0.6 is 31.9 Å². The van der Waals surface area contributed by atoms with Crippen molar-refractivity contribution in [1.82, 2.24) is 20.3 Å². The van der Waals surface area contributed by atoms with Crippen LogP contribution in [0.4, 0.5) is 0 Å². The molecule has 2 rings (SSSR count). The Morgan fingerprint density at radius 1 is 1.24 bits per heavy atom. The van der Waals surface area contributed by atoms with Gasteiger partial charge in [0.25, 0.3) is 0 Å². The Kier molecular flexibility index (Phi) is 5.57. The van der Waals surface area contributed by atoms with E-state index in [-0.39, 0.29) is 6.04 Å². The second-order valence-corrected chi connectivity index (χ2v) is 6.79. The van der Waals surface area contributed by atoms with Gasteiger partial charge in [-0.3, -0.25) is 0 Å². The van der Waals surface area contributed by atoms with E-state index in [2.05, 4.69) is 80.4 Å². The van der Waals surface area contributed by atoms with Crippen LogP contribution in [0.3, 0.4) is 0 Å². The van der Waals surface area contributed by atoms with Crippen molar-refractivity contribution >= 4 is 31.9 Å². The van der Waals surface area contributed by atoms with Gasteiger partial charge in [0.15, 0.2) is 4.60 Å². The number of aromatic nitrogens is 3. The summed E-state index contributed by atoms with van der Waals surface area (Å²) in [5.41, 5.74) is 4.75. The first-order valence-corrected chi connectivity index (χ1v) is 8.59. The third-order valence-electron chi connectivity index (χ3n) is 3.49. The minimum atomic E-state index is 0.0739. The van der Waals surface area contributed by atoms with E-state index in [1.807, 2.05) is 11.7 Å². The lowest BCUT2D eigenvalue weighted by atomic mass is 9.99. The summed E-state index contributed by atoms with van der Waals surface area (Å²) in [7, 11) is 1.92. The van der Waals surface area contributed by atoms with Crippen LogP contribution in [0.1, 0.15) is 41.8 Å². The molecule has 0 aliphatic rings. The van der Waals surface area contributed by atoms with Gasteiger partial charge in [0.2, 0.25) is 0 Å². The van der Waals surface area contributed by atoms with E-state index in [1.165, 1.54) is 21.2 Å². The van der Waals surface area contributed by atoms with Crippen molar-refractivity contribution in [1.29, 1.82) is 0 Å². The normalized spacial score (nSPS) is 12.7. The smallest absolute Gasteiger partial charge is 0.153 e. The fraction of sp³-hybridized carbons (Fsp3) is 0.467. The Morgan fingerprint density at radius 2 is 1.86 bits per heavy atom. The molecule has 0 aliphatic heterocycles. The highest BCUT2D eigenvalue weighted by atomic mass is 79.9. The molecule has 0 bridgehead atoms. The van der Waals surface area contributed by atoms with Gasteiger partial charge in [-0.05, 0) is 59.4 Å². The molecule has 0 amide bonds. The highest BCUT2D eigenvalue weighted by Crippen LogP contribution is 2.31. The monoisotopic (exact) mass is 414 g/mol. The van der Waals surface area contributed by atoms with Crippen LogP contribution in [0.2, 0.25) is 0 Å². The largest absolute Gasteiger partial charge is 0.305 e. The van der Waals surface area contributed by atoms with E-state index in [1.54, 1.807) is 0 Å². The van der Waals surface area contributed by atoms with Crippen LogP contribution in [0.15, 0.2) is 21.2 Å². The Morgan fingerprint density at radius 3 is 2.33 bits per heavy atom. The fourth-order valence-electron chi connectivity index (χ4n) is 2.45. The van der Waals surface area contributed by atoms with E-state index in [9.17, 15) is 0 Å². The minimum Gasteiger partial charge on any atom is -0.305 e. The molecule has 0 aliphatic carbocycles. The van der Waals surface area contributed by atoms with Crippen molar-refractivity contribution in [2.75, 3.05) is 6.54 Å². The number of nitrogens with zero attached hydrogens (tertiary/aromatic N) is 3. The zero-order valence-electron chi connectivity index (χ0n) is 12.7. The van der Waals surface area contributed by atoms with E-state index in [4.69, 9.17) is 0 Å². The molecular formula is C15H20Br2N4. The van der Waals surface area contributed by atoms with Crippen molar-refractivity contribution in [3.8, 4) is 0 Å². The Labute approximate surface area is 142 Å². The molecule has 0 saturated carbocycles. The predicted molar refractivity (Wildman–Crippen MR) is 92.5 cm³/mol. The van der Waals surface area contributed by atoms with Crippen molar-refractivity contribution in [3.63, 3.8) is 0 Å². The minimum absolute atomic E-state index is 0.0739. The molecule has 2 aromatic rings. The Hall–Kier alpha value is -0.720. The standard InChI is InChI=1S/C15H20Br2N4/c1-5-6-18-13(14-15(17)19-20-21(14)4)11-7-9(2)12(16)10(3)8-11/h7-8,13,18H,5-6H2,1-4H3. The van der Waals surface area contributed by atoms with Gasteiger partial charge >= 0.3 is 0 Å². The maximum Gasteiger partial charge on any atom is 0.153 e. The Balaban J connectivity index is 2.51. The summed E-state index contributed by atoms with van der Waals surface area (Å²) in [4.78, 5) is 0. The zero-order valence-corrected chi connectivity index (χ0v) is 15.9. The molecule has 1 aromatic carbocycles. The molecule has 0 radical (unpaired) electrons. The quantitative estimate of drug-likeness (QED) is 0.800. The first-order valence-electron chi connectivity index (χ1n) is 7.00. The van der Waals surface area contributed by atoms with Gasteiger partial charge in [-0.25, -0.2) is 4.68 Å². The van der Waals surface area contributed by atoms with E-state index in [0.29, 0.717) is 0 Å². The van der Waals surface area contributed by atoms with Crippen molar-refractivity contribution in [2.24, 2.45) is 7.05 Å². The first-order chi connectivity index (χ1) is 9.95. The molecule has 1 N–H and O–H groups in total. The number of nitrogens with one attached hydrogen (secondary N) is 1. The van der Waals surface area contributed by atoms with Crippen LogP contribution in [0.25, 0.3) is 0 Å². The van der Waals surface area contributed by atoms with Gasteiger partial charge in [-0.15, -0.1) is 5.10 Å². The average molecular weight is 416 g/mol. The molecule has 6 heteroatoms. The number of hydrogen-bond acceptors (Lipinski definition) is 3. The molecule has 1 heterocycles. The molecule has 114 valence electrons. The summed E-state index contributed by atoms with van der Waals surface area (Å²) in [6.07, 6.45) is 1.08. The number of benzene rings is 1. The second kappa shape index (κ2) is 7.03. The van der Waals surface area contributed by atoms with Gasteiger partial charge in [-0.1, -0.05) is 40.2 Å². The summed E-state index contributed by atoms with van der Waals surface area (Å²) in [6.45, 7) is 7.34. The number of halogens is 2. The zero-order chi connectivity index (χ0) is 15.6. The molecule has 0 saturated heterocycles. The lowest BCUT2D eigenvalue weighted by Gasteiger charge is -2.21. The average Bonchev–Trinajstić information content (AvgIpc) is 2.77. The number of aryl methyl sites for hydroxylation is 3. The summed E-state index contributed by atoms with van der Waals surface area (Å²) in [5.74, 6) is 0. The topological polar surface area (TPSA) is 42.7 Å². The van der Waals surface area contributed by atoms with Crippen LogP contribution in [-0.4, -0.2) is 21.5 Å². The lowest BCUT2D eigenvalue weighted by molar-refractivity contribution is 0.549. The van der Waals surface area contributed by atoms with Crippen LogP contribution < -0.4 is 5.32 Å².